The second-order valence-corrected chi connectivity index (χ2v) is 6.50. The van der Waals surface area contributed by atoms with Gasteiger partial charge in [-0.05, 0) is 18.3 Å². The minimum Gasteiger partial charge on any atom is -1.00 e. The number of quaternary nitrogens is 1. The molecule has 1 rings (SSSR count). The van der Waals surface area contributed by atoms with Gasteiger partial charge in [0.2, 0.25) is 0 Å². The van der Waals surface area contributed by atoms with E-state index < -0.39 is 0 Å². The van der Waals surface area contributed by atoms with Gasteiger partial charge >= 0.3 is 0 Å². The highest BCUT2D eigenvalue weighted by atomic mass is 127. The van der Waals surface area contributed by atoms with Gasteiger partial charge in [0.25, 0.3) is 0 Å². The number of ketones is 1. The molecular formula is C12H24INO. The predicted molar refractivity (Wildman–Crippen MR) is 59.0 cm³/mol. The number of hydrogen-bond donors (Lipinski definition) is 0. The maximum atomic E-state index is 11.7. The van der Waals surface area contributed by atoms with Gasteiger partial charge in [0.1, 0.15) is 5.78 Å². The highest BCUT2D eigenvalue weighted by Crippen LogP contribution is 2.37. The van der Waals surface area contributed by atoms with Crippen molar-refractivity contribution in [3.63, 3.8) is 0 Å². The van der Waals surface area contributed by atoms with Crippen LogP contribution < -0.4 is 24.0 Å². The van der Waals surface area contributed by atoms with Gasteiger partial charge in [0, 0.05) is 6.42 Å². The molecule has 90 valence electrons. The fourth-order valence-corrected chi connectivity index (χ4v) is 2.38. The first-order valence-electron chi connectivity index (χ1n) is 5.53. The van der Waals surface area contributed by atoms with E-state index in [1.807, 2.05) is 0 Å². The van der Waals surface area contributed by atoms with Gasteiger partial charge in [-0.2, -0.15) is 0 Å². The second-order valence-electron chi connectivity index (χ2n) is 6.50. The lowest BCUT2D eigenvalue weighted by Crippen LogP contribution is -3.00. The summed E-state index contributed by atoms with van der Waals surface area (Å²) in [5.41, 5.74) is 0.369. The molecule has 0 saturated heterocycles. The van der Waals surface area contributed by atoms with Gasteiger partial charge < -0.3 is 28.5 Å². The zero-order chi connectivity index (χ0) is 11.0. The molecule has 2 nitrogen and oxygen atoms in total. The Morgan fingerprint density at radius 2 is 1.87 bits per heavy atom. The number of carbonyl (C=O) groups excluding carboxylic acids is 1. The average Bonchev–Trinajstić information content (AvgIpc) is 1.93. The minimum absolute atomic E-state index is 0. The number of nitrogens with zero attached hydrogens (tertiary/aromatic N) is 1. The summed E-state index contributed by atoms with van der Waals surface area (Å²) in [6, 6.07) is 0. The Morgan fingerprint density at radius 1 is 1.33 bits per heavy atom. The Balaban J connectivity index is 0.00000196. The predicted octanol–water partition coefficient (Wildman–Crippen LogP) is -0.908. The second kappa shape index (κ2) is 5.13. The first-order valence-corrected chi connectivity index (χ1v) is 5.53. The standard InChI is InChI=1S/C12H24NO.HI/c1-12(2)7-6-11(14)10(8-12)9-13(3,4)5;/h10H,6-9H2,1-5H3;1H/q+1;/p-1. The molecule has 0 aromatic rings. The van der Waals surface area contributed by atoms with Gasteiger partial charge in [-0.3, -0.25) is 4.79 Å². The van der Waals surface area contributed by atoms with Crippen LogP contribution in [0.15, 0.2) is 0 Å². The largest absolute Gasteiger partial charge is 1.00 e. The van der Waals surface area contributed by atoms with Crippen LogP contribution >= 0.6 is 0 Å². The van der Waals surface area contributed by atoms with Crippen molar-refractivity contribution in [2.24, 2.45) is 11.3 Å². The minimum atomic E-state index is 0. The van der Waals surface area contributed by atoms with Crippen LogP contribution in [0.4, 0.5) is 0 Å². The summed E-state index contributed by atoms with van der Waals surface area (Å²) >= 11 is 0. The smallest absolute Gasteiger partial charge is 0.141 e. The topological polar surface area (TPSA) is 17.1 Å². The average molecular weight is 325 g/mol. The summed E-state index contributed by atoms with van der Waals surface area (Å²) in [6.07, 6.45) is 2.93. The normalized spacial score (nSPS) is 25.9. The molecule has 1 saturated carbocycles. The van der Waals surface area contributed by atoms with Crippen molar-refractivity contribution in [3.8, 4) is 0 Å². The van der Waals surface area contributed by atoms with Crippen LogP contribution in [0.5, 0.6) is 0 Å². The highest BCUT2D eigenvalue weighted by Gasteiger charge is 2.36. The van der Waals surface area contributed by atoms with E-state index in [0.717, 1.165) is 30.3 Å². The number of rotatable bonds is 2. The third-order valence-electron chi connectivity index (χ3n) is 3.07. The summed E-state index contributed by atoms with van der Waals surface area (Å²) in [5, 5.41) is 0. The van der Waals surface area contributed by atoms with Crippen molar-refractivity contribution in [2.45, 2.75) is 33.1 Å². The summed E-state index contributed by atoms with van der Waals surface area (Å²) in [6.45, 7) is 5.55. The van der Waals surface area contributed by atoms with Crippen molar-refractivity contribution >= 4 is 5.78 Å². The Bertz CT molecular complexity index is 228. The van der Waals surface area contributed by atoms with E-state index in [9.17, 15) is 4.79 Å². The zero-order valence-electron chi connectivity index (χ0n) is 10.6. The van der Waals surface area contributed by atoms with Crippen LogP contribution in [-0.2, 0) is 4.79 Å². The molecule has 0 amide bonds. The lowest BCUT2D eigenvalue weighted by Gasteiger charge is -2.37. The third kappa shape index (κ3) is 5.29. The van der Waals surface area contributed by atoms with Crippen molar-refractivity contribution < 1.29 is 33.3 Å². The highest BCUT2D eigenvalue weighted by molar-refractivity contribution is 5.82. The van der Waals surface area contributed by atoms with Crippen molar-refractivity contribution in [3.05, 3.63) is 0 Å². The van der Waals surface area contributed by atoms with E-state index in [1.165, 1.54) is 0 Å². The van der Waals surface area contributed by atoms with Crippen LogP contribution in [0.2, 0.25) is 0 Å². The lowest BCUT2D eigenvalue weighted by molar-refractivity contribution is -0.872. The summed E-state index contributed by atoms with van der Waals surface area (Å²) in [5.74, 6) is 0.774. The lowest BCUT2D eigenvalue weighted by atomic mass is 9.71. The summed E-state index contributed by atoms with van der Waals surface area (Å²) in [7, 11) is 6.48. The quantitative estimate of drug-likeness (QED) is 0.475. The van der Waals surface area contributed by atoms with E-state index in [2.05, 4.69) is 35.0 Å². The molecule has 3 heteroatoms. The Labute approximate surface area is 111 Å². The molecule has 1 aliphatic carbocycles. The molecule has 0 radical (unpaired) electrons. The number of hydrogen-bond acceptors (Lipinski definition) is 1. The molecule has 1 atom stereocenters. The summed E-state index contributed by atoms with van der Waals surface area (Å²) in [4.78, 5) is 11.7. The fourth-order valence-electron chi connectivity index (χ4n) is 2.38. The van der Waals surface area contributed by atoms with Crippen LogP contribution in [0.3, 0.4) is 0 Å². The molecule has 0 aromatic carbocycles. The van der Waals surface area contributed by atoms with Crippen molar-refractivity contribution in [1.82, 2.24) is 0 Å². The molecule has 0 spiro atoms. The van der Waals surface area contributed by atoms with Gasteiger partial charge in [0.05, 0.1) is 33.6 Å². The van der Waals surface area contributed by atoms with E-state index in [-0.39, 0.29) is 24.0 Å². The van der Waals surface area contributed by atoms with Gasteiger partial charge in [0.15, 0.2) is 0 Å². The molecule has 0 heterocycles. The number of Topliss-reactive ketones (excluding diaryl/α,β-unsaturated/α-hetero) is 1. The van der Waals surface area contributed by atoms with Crippen molar-refractivity contribution in [1.29, 1.82) is 0 Å². The van der Waals surface area contributed by atoms with Crippen LogP contribution in [0.25, 0.3) is 0 Å². The maximum Gasteiger partial charge on any atom is 0.141 e. The monoisotopic (exact) mass is 325 g/mol. The number of halogens is 1. The molecule has 1 aliphatic rings. The van der Waals surface area contributed by atoms with E-state index in [1.54, 1.807) is 0 Å². The van der Waals surface area contributed by atoms with Crippen LogP contribution in [0.1, 0.15) is 33.1 Å². The maximum absolute atomic E-state index is 11.7. The molecule has 15 heavy (non-hydrogen) atoms. The first-order chi connectivity index (χ1) is 6.20. The number of carbonyl (C=O) groups is 1. The summed E-state index contributed by atoms with van der Waals surface area (Å²) < 4.78 is 0.895. The Hall–Kier alpha value is 0.360. The Morgan fingerprint density at radius 3 is 2.33 bits per heavy atom. The molecule has 0 bridgehead atoms. The van der Waals surface area contributed by atoms with Gasteiger partial charge in [-0.25, -0.2) is 0 Å². The first kappa shape index (κ1) is 15.4. The SMILES string of the molecule is CC1(C)CCC(=O)C(C[N+](C)(C)C)C1.[I-]. The zero-order valence-corrected chi connectivity index (χ0v) is 12.8. The molecule has 0 N–H and O–H groups in total. The van der Waals surface area contributed by atoms with E-state index >= 15 is 0 Å². The van der Waals surface area contributed by atoms with Crippen molar-refractivity contribution in [2.75, 3.05) is 27.7 Å². The Kier molecular flexibility index (Phi) is 5.25. The van der Waals surface area contributed by atoms with E-state index in [4.69, 9.17) is 0 Å². The molecule has 1 fully saturated rings. The van der Waals surface area contributed by atoms with Crippen LogP contribution in [-0.4, -0.2) is 38.0 Å². The third-order valence-corrected chi connectivity index (χ3v) is 3.07. The molecule has 0 aromatic heterocycles. The molecule has 0 aliphatic heterocycles. The van der Waals surface area contributed by atoms with E-state index in [0.29, 0.717) is 17.1 Å². The van der Waals surface area contributed by atoms with Gasteiger partial charge in [-0.15, -0.1) is 0 Å². The molecular weight excluding hydrogens is 301 g/mol. The molecule has 1 unspecified atom stereocenters. The van der Waals surface area contributed by atoms with Gasteiger partial charge in [-0.1, -0.05) is 13.8 Å². The fraction of sp³-hybridized carbons (Fsp3) is 0.917. The van der Waals surface area contributed by atoms with Crippen LogP contribution in [0, 0.1) is 11.3 Å².